The molecule has 0 amide bonds. The molecule has 0 radical (unpaired) electrons. The van der Waals surface area contributed by atoms with Gasteiger partial charge in [-0.2, -0.15) is 5.10 Å². The molecule has 3 atom stereocenters. The van der Waals surface area contributed by atoms with Gasteiger partial charge in [0.1, 0.15) is 17.5 Å². The first-order chi connectivity index (χ1) is 10.1. The normalized spacial score (nSPS) is 27.1. The van der Waals surface area contributed by atoms with Crippen LogP contribution >= 0.6 is 0 Å². The van der Waals surface area contributed by atoms with E-state index in [9.17, 15) is 8.78 Å². The largest absolute Gasteiger partial charge is 0.370 e. The molecule has 1 aliphatic carbocycles. The SMILES string of the molecule is CC1CC1c1cc2n(n1)C(c1c(F)cccc1F)CCN2. The van der Waals surface area contributed by atoms with E-state index < -0.39 is 11.6 Å². The first-order valence-corrected chi connectivity index (χ1v) is 7.42. The minimum Gasteiger partial charge on any atom is -0.370 e. The van der Waals surface area contributed by atoms with E-state index in [0.717, 1.165) is 17.9 Å². The summed E-state index contributed by atoms with van der Waals surface area (Å²) in [6, 6.07) is 5.68. The van der Waals surface area contributed by atoms with Gasteiger partial charge in [-0.05, 0) is 30.9 Å². The Bertz CT molecular complexity index is 675. The fourth-order valence-electron chi connectivity index (χ4n) is 3.25. The Morgan fingerprint density at radius 2 is 2.00 bits per heavy atom. The van der Waals surface area contributed by atoms with Crippen LogP contribution in [0.5, 0.6) is 0 Å². The molecule has 5 heteroatoms. The molecule has 2 aromatic rings. The van der Waals surface area contributed by atoms with Crippen LogP contribution in [0.3, 0.4) is 0 Å². The smallest absolute Gasteiger partial charge is 0.131 e. The molecule has 1 N–H and O–H groups in total. The fraction of sp³-hybridized carbons (Fsp3) is 0.438. The summed E-state index contributed by atoms with van der Waals surface area (Å²) in [5, 5.41) is 7.90. The Morgan fingerprint density at radius 3 is 2.67 bits per heavy atom. The van der Waals surface area contributed by atoms with Crippen LogP contribution < -0.4 is 5.32 Å². The second kappa shape index (κ2) is 4.55. The summed E-state index contributed by atoms with van der Waals surface area (Å²) in [5.74, 6) is 1.03. The van der Waals surface area contributed by atoms with Crippen LogP contribution in [0, 0.1) is 17.6 Å². The maximum absolute atomic E-state index is 14.1. The third-order valence-corrected chi connectivity index (χ3v) is 4.60. The van der Waals surface area contributed by atoms with Crippen molar-refractivity contribution in [2.75, 3.05) is 11.9 Å². The lowest BCUT2D eigenvalue weighted by molar-refractivity contribution is 0.431. The lowest BCUT2D eigenvalue weighted by Crippen LogP contribution is -2.25. The quantitative estimate of drug-likeness (QED) is 0.913. The zero-order valence-corrected chi connectivity index (χ0v) is 11.8. The number of fused-ring (bicyclic) bond motifs is 1. The van der Waals surface area contributed by atoms with E-state index in [-0.39, 0.29) is 11.6 Å². The summed E-state index contributed by atoms with van der Waals surface area (Å²) in [6.45, 7) is 2.90. The van der Waals surface area contributed by atoms with Crippen LogP contribution in [0.25, 0.3) is 0 Å². The summed E-state index contributed by atoms with van der Waals surface area (Å²) in [5.41, 5.74) is 1.16. The van der Waals surface area contributed by atoms with Crippen molar-refractivity contribution in [3.63, 3.8) is 0 Å². The van der Waals surface area contributed by atoms with Gasteiger partial charge in [0.2, 0.25) is 0 Å². The van der Waals surface area contributed by atoms with Crippen molar-refractivity contribution in [2.45, 2.75) is 31.7 Å². The molecule has 1 saturated carbocycles. The molecule has 1 fully saturated rings. The molecule has 2 heterocycles. The average Bonchev–Trinajstić information content (AvgIpc) is 3.02. The molecule has 110 valence electrons. The van der Waals surface area contributed by atoms with Gasteiger partial charge in [-0.25, -0.2) is 13.5 Å². The molecule has 1 aromatic carbocycles. The van der Waals surface area contributed by atoms with Crippen molar-refractivity contribution < 1.29 is 8.78 Å². The van der Waals surface area contributed by atoms with Crippen LogP contribution in [0.4, 0.5) is 14.6 Å². The zero-order chi connectivity index (χ0) is 14.6. The summed E-state index contributed by atoms with van der Waals surface area (Å²) >= 11 is 0. The Labute approximate surface area is 122 Å². The van der Waals surface area contributed by atoms with E-state index in [1.807, 2.05) is 6.07 Å². The maximum atomic E-state index is 14.1. The Hall–Kier alpha value is -1.91. The first-order valence-electron chi connectivity index (χ1n) is 7.42. The third kappa shape index (κ3) is 2.03. The zero-order valence-electron chi connectivity index (χ0n) is 11.8. The van der Waals surface area contributed by atoms with Gasteiger partial charge < -0.3 is 5.32 Å². The molecule has 0 bridgehead atoms. The van der Waals surface area contributed by atoms with E-state index in [4.69, 9.17) is 0 Å². The van der Waals surface area contributed by atoms with Crippen LogP contribution in [0.1, 0.15) is 43.0 Å². The predicted octanol–water partition coefficient (Wildman–Crippen LogP) is 3.69. The Morgan fingerprint density at radius 1 is 1.29 bits per heavy atom. The van der Waals surface area contributed by atoms with Crippen molar-refractivity contribution in [3.8, 4) is 0 Å². The maximum Gasteiger partial charge on any atom is 0.131 e. The number of nitrogens with one attached hydrogen (secondary N) is 1. The van der Waals surface area contributed by atoms with Gasteiger partial charge in [-0.1, -0.05) is 13.0 Å². The van der Waals surface area contributed by atoms with E-state index in [1.165, 1.54) is 18.2 Å². The minimum atomic E-state index is -0.496. The standard InChI is InChI=1S/C16H17F2N3/c1-9-7-10(9)13-8-15-19-6-5-14(21(15)20-13)16-11(17)3-2-4-12(16)18/h2-4,8-10,14,19H,5-7H2,1H3. The molecule has 0 saturated heterocycles. The molecule has 4 rings (SSSR count). The second-order valence-electron chi connectivity index (χ2n) is 6.09. The third-order valence-electron chi connectivity index (χ3n) is 4.60. The van der Waals surface area contributed by atoms with Crippen LogP contribution in [-0.4, -0.2) is 16.3 Å². The molecule has 3 unspecified atom stereocenters. The van der Waals surface area contributed by atoms with E-state index in [1.54, 1.807) is 4.68 Å². The number of nitrogens with zero attached hydrogens (tertiary/aromatic N) is 2. The molecule has 3 nitrogen and oxygen atoms in total. The van der Waals surface area contributed by atoms with E-state index >= 15 is 0 Å². The first kappa shape index (κ1) is 12.8. The fourth-order valence-corrected chi connectivity index (χ4v) is 3.25. The highest BCUT2D eigenvalue weighted by molar-refractivity contribution is 5.43. The monoisotopic (exact) mass is 289 g/mol. The highest BCUT2D eigenvalue weighted by Gasteiger charge is 2.38. The van der Waals surface area contributed by atoms with Crippen LogP contribution in [0.2, 0.25) is 0 Å². The van der Waals surface area contributed by atoms with Gasteiger partial charge in [0.05, 0.1) is 11.7 Å². The number of anilines is 1. The van der Waals surface area contributed by atoms with Crippen molar-refractivity contribution in [1.82, 2.24) is 9.78 Å². The highest BCUT2D eigenvalue weighted by Crippen LogP contribution is 2.47. The van der Waals surface area contributed by atoms with Gasteiger partial charge in [-0.15, -0.1) is 0 Å². The van der Waals surface area contributed by atoms with Gasteiger partial charge in [0.15, 0.2) is 0 Å². The summed E-state index contributed by atoms with van der Waals surface area (Å²) < 4.78 is 29.9. The highest BCUT2D eigenvalue weighted by atomic mass is 19.1. The molecule has 1 aromatic heterocycles. The van der Waals surface area contributed by atoms with Crippen LogP contribution in [-0.2, 0) is 0 Å². The van der Waals surface area contributed by atoms with Gasteiger partial charge in [0.25, 0.3) is 0 Å². The molecule has 0 spiro atoms. The van der Waals surface area contributed by atoms with Crippen molar-refractivity contribution >= 4 is 5.82 Å². The van der Waals surface area contributed by atoms with Crippen molar-refractivity contribution in [2.24, 2.45) is 5.92 Å². The van der Waals surface area contributed by atoms with Gasteiger partial charge in [-0.3, -0.25) is 0 Å². The summed E-state index contributed by atoms with van der Waals surface area (Å²) in [7, 11) is 0. The van der Waals surface area contributed by atoms with Crippen molar-refractivity contribution in [3.05, 3.63) is 47.2 Å². The van der Waals surface area contributed by atoms with Gasteiger partial charge in [0, 0.05) is 24.1 Å². The average molecular weight is 289 g/mol. The number of hydrogen-bond donors (Lipinski definition) is 1. The number of hydrogen-bond acceptors (Lipinski definition) is 2. The minimum absolute atomic E-state index is 0.124. The summed E-state index contributed by atoms with van der Waals surface area (Å²) in [4.78, 5) is 0. The summed E-state index contributed by atoms with van der Waals surface area (Å²) in [6.07, 6.45) is 1.78. The molecule has 2 aliphatic rings. The molecular formula is C16H17F2N3. The molecule has 21 heavy (non-hydrogen) atoms. The van der Waals surface area contributed by atoms with Crippen LogP contribution in [0.15, 0.2) is 24.3 Å². The Balaban J connectivity index is 1.78. The number of rotatable bonds is 2. The van der Waals surface area contributed by atoms with E-state index in [2.05, 4.69) is 17.3 Å². The molecule has 1 aliphatic heterocycles. The van der Waals surface area contributed by atoms with Gasteiger partial charge >= 0.3 is 0 Å². The molecular weight excluding hydrogens is 272 g/mol. The lowest BCUT2D eigenvalue weighted by atomic mass is 10.0. The number of benzene rings is 1. The Kier molecular flexibility index (Phi) is 2.77. The topological polar surface area (TPSA) is 29.9 Å². The lowest BCUT2D eigenvalue weighted by Gasteiger charge is -2.26. The second-order valence-corrected chi connectivity index (χ2v) is 6.09. The predicted molar refractivity (Wildman–Crippen MR) is 76.4 cm³/mol. The van der Waals surface area contributed by atoms with Crippen molar-refractivity contribution in [1.29, 1.82) is 0 Å². The number of halogens is 2. The number of aromatic nitrogens is 2. The van der Waals surface area contributed by atoms with E-state index in [0.29, 0.717) is 24.8 Å².